The Morgan fingerprint density at radius 3 is 2.41 bits per heavy atom. The molecule has 4 nitrogen and oxygen atoms in total. The van der Waals surface area contributed by atoms with Crippen LogP contribution in [0.5, 0.6) is 11.5 Å². The maximum absolute atomic E-state index is 9.48. The van der Waals surface area contributed by atoms with Crippen molar-refractivity contribution in [1.82, 2.24) is 4.98 Å². The van der Waals surface area contributed by atoms with Crippen LogP contribution >= 0.6 is 0 Å². The molecular formula is C13H10N2O2. The molecule has 0 unspecified atom stereocenters. The molecule has 4 heteroatoms. The summed E-state index contributed by atoms with van der Waals surface area (Å²) in [5.74, 6) is -0.388. The third-order valence-corrected chi connectivity index (χ3v) is 2.82. The molecule has 3 aromatic rings. The highest BCUT2D eigenvalue weighted by atomic mass is 16.3. The number of anilines is 1. The summed E-state index contributed by atoms with van der Waals surface area (Å²) in [6, 6.07) is 10.3. The third-order valence-electron chi connectivity index (χ3n) is 2.82. The van der Waals surface area contributed by atoms with Crippen LogP contribution in [0.4, 0.5) is 5.69 Å². The molecule has 1 aromatic heterocycles. The zero-order valence-corrected chi connectivity index (χ0v) is 8.88. The van der Waals surface area contributed by atoms with E-state index >= 15 is 0 Å². The van der Waals surface area contributed by atoms with Gasteiger partial charge in [-0.2, -0.15) is 0 Å². The van der Waals surface area contributed by atoms with Gasteiger partial charge in [0.05, 0.1) is 16.7 Å². The number of nitrogens with two attached hydrogens (primary N) is 1. The molecule has 0 atom stereocenters. The Balaban J connectivity index is 2.55. The van der Waals surface area contributed by atoms with Crippen molar-refractivity contribution in [2.45, 2.75) is 0 Å². The largest absolute Gasteiger partial charge is 0.504 e. The molecule has 0 fully saturated rings. The second kappa shape index (κ2) is 3.25. The molecule has 3 rings (SSSR count). The van der Waals surface area contributed by atoms with Gasteiger partial charge in [-0.25, -0.2) is 4.98 Å². The van der Waals surface area contributed by atoms with E-state index in [9.17, 15) is 10.2 Å². The van der Waals surface area contributed by atoms with Crippen molar-refractivity contribution in [3.63, 3.8) is 0 Å². The van der Waals surface area contributed by atoms with E-state index in [4.69, 9.17) is 5.73 Å². The van der Waals surface area contributed by atoms with E-state index in [1.165, 1.54) is 12.1 Å². The first-order chi connectivity index (χ1) is 8.16. The summed E-state index contributed by atoms with van der Waals surface area (Å²) < 4.78 is 0. The van der Waals surface area contributed by atoms with Gasteiger partial charge in [0.25, 0.3) is 0 Å². The van der Waals surface area contributed by atoms with Crippen LogP contribution in [0.2, 0.25) is 0 Å². The number of hydrogen-bond acceptors (Lipinski definition) is 4. The van der Waals surface area contributed by atoms with Gasteiger partial charge in [-0.05, 0) is 12.1 Å². The van der Waals surface area contributed by atoms with Crippen LogP contribution in [-0.2, 0) is 0 Å². The minimum absolute atomic E-state index is 0.193. The van der Waals surface area contributed by atoms with E-state index in [2.05, 4.69) is 4.98 Å². The number of rotatable bonds is 0. The van der Waals surface area contributed by atoms with Gasteiger partial charge in [0.2, 0.25) is 0 Å². The monoisotopic (exact) mass is 226 g/mol. The van der Waals surface area contributed by atoms with Crippen LogP contribution in [0.1, 0.15) is 0 Å². The van der Waals surface area contributed by atoms with E-state index < -0.39 is 0 Å². The van der Waals surface area contributed by atoms with Gasteiger partial charge in [-0.15, -0.1) is 0 Å². The van der Waals surface area contributed by atoms with Crippen LogP contribution in [0.3, 0.4) is 0 Å². The number of nitrogens with zero attached hydrogens (tertiary/aromatic N) is 1. The average molecular weight is 226 g/mol. The van der Waals surface area contributed by atoms with Gasteiger partial charge in [-0.1, -0.05) is 18.2 Å². The SMILES string of the molecule is Nc1c2ccccc2nc2cc(O)c(O)cc12. The van der Waals surface area contributed by atoms with Gasteiger partial charge in [0.1, 0.15) is 0 Å². The standard InChI is InChI=1S/C13H10N2O2/c14-13-7-3-1-2-4-9(7)15-10-6-12(17)11(16)5-8(10)13/h1-6,16-17H,(H2,14,15). The summed E-state index contributed by atoms with van der Waals surface area (Å²) in [4.78, 5) is 4.39. The lowest BCUT2D eigenvalue weighted by Crippen LogP contribution is -1.92. The number of aromatic nitrogens is 1. The molecule has 0 aliphatic carbocycles. The summed E-state index contributed by atoms with van der Waals surface area (Å²) in [6.07, 6.45) is 0. The van der Waals surface area contributed by atoms with E-state index in [1.807, 2.05) is 24.3 Å². The number of nitrogen functional groups attached to an aromatic ring is 1. The molecule has 84 valence electrons. The quantitative estimate of drug-likeness (QED) is 0.406. The molecule has 4 N–H and O–H groups in total. The summed E-state index contributed by atoms with van der Waals surface area (Å²) in [6.45, 7) is 0. The first-order valence-corrected chi connectivity index (χ1v) is 5.17. The van der Waals surface area contributed by atoms with Crippen molar-refractivity contribution >= 4 is 27.5 Å². The zero-order valence-electron chi connectivity index (χ0n) is 8.88. The lowest BCUT2D eigenvalue weighted by atomic mass is 10.1. The number of pyridine rings is 1. The summed E-state index contributed by atoms with van der Waals surface area (Å²) >= 11 is 0. The Kier molecular flexibility index (Phi) is 1.86. The molecule has 0 saturated heterocycles. The van der Waals surface area contributed by atoms with E-state index in [0.717, 1.165) is 10.9 Å². The summed E-state index contributed by atoms with van der Waals surface area (Å²) in [5.41, 5.74) is 7.93. The highest BCUT2D eigenvalue weighted by Gasteiger charge is 2.09. The normalized spacial score (nSPS) is 11.1. The fourth-order valence-corrected chi connectivity index (χ4v) is 1.95. The number of hydrogen-bond donors (Lipinski definition) is 3. The molecule has 0 amide bonds. The lowest BCUT2D eigenvalue weighted by molar-refractivity contribution is 0.405. The summed E-state index contributed by atoms with van der Waals surface area (Å²) in [7, 11) is 0. The molecule has 0 aliphatic rings. The van der Waals surface area contributed by atoms with E-state index in [-0.39, 0.29) is 11.5 Å². The van der Waals surface area contributed by atoms with Crippen LogP contribution in [0, 0.1) is 0 Å². The molecule has 0 saturated carbocycles. The number of benzene rings is 2. The minimum atomic E-state index is -0.195. The van der Waals surface area contributed by atoms with E-state index in [0.29, 0.717) is 16.6 Å². The van der Waals surface area contributed by atoms with Gasteiger partial charge >= 0.3 is 0 Å². The Hall–Kier alpha value is -2.49. The second-order valence-corrected chi connectivity index (χ2v) is 3.90. The number of fused-ring (bicyclic) bond motifs is 2. The van der Waals surface area contributed by atoms with E-state index in [1.54, 1.807) is 0 Å². The van der Waals surface area contributed by atoms with Crippen LogP contribution in [0.25, 0.3) is 21.8 Å². The van der Waals surface area contributed by atoms with Crippen molar-refractivity contribution in [3.05, 3.63) is 36.4 Å². The molecular weight excluding hydrogens is 216 g/mol. The van der Waals surface area contributed by atoms with Crippen molar-refractivity contribution in [2.24, 2.45) is 0 Å². The molecule has 0 radical (unpaired) electrons. The van der Waals surface area contributed by atoms with Crippen LogP contribution in [-0.4, -0.2) is 15.2 Å². The summed E-state index contributed by atoms with van der Waals surface area (Å²) in [5, 5.41) is 20.4. The maximum Gasteiger partial charge on any atom is 0.159 e. The first kappa shape index (κ1) is 9.72. The predicted octanol–water partition coefficient (Wildman–Crippen LogP) is 2.38. The first-order valence-electron chi connectivity index (χ1n) is 5.17. The van der Waals surface area contributed by atoms with Crippen molar-refractivity contribution in [3.8, 4) is 11.5 Å². The number of phenolic OH excluding ortho intramolecular Hbond substituents is 2. The number of phenols is 2. The Morgan fingerprint density at radius 2 is 1.59 bits per heavy atom. The van der Waals surface area contributed by atoms with Gasteiger partial charge in [-0.3, -0.25) is 0 Å². The van der Waals surface area contributed by atoms with Crippen LogP contribution in [0.15, 0.2) is 36.4 Å². The fraction of sp³-hybridized carbons (Fsp3) is 0. The fourth-order valence-electron chi connectivity index (χ4n) is 1.95. The highest BCUT2D eigenvalue weighted by molar-refractivity contribution is 6.07. The molecule has 0 spiro atoms. The van der Waals surface area contributed by atoms with Gasteiger partial charge in [0.15, 0.2) is 11.5 Å². The Labute approximate surface area is 96.9 Å². The van der Waals surface area contributed by atoms with Crippen molar-refractivity contribution in [1.29, 1.82) is 0 Å². The zero-order chi connectivity index (χ0) is 12.0. The lowest BCUT2D eigenvalue weighted by Gasteiger charge is -2.07. The minimum Gasteiger partial charge on any atom is -0.504 e. The molecule has 0 aliphatic heterocycles. The topological polar surface area (TPSA) is 79.4 Å². The third kappa shape index (κ3) is 1.34. The highest BCUT2D eigenvalue weighted by Crippen LogP contribution is 2.35. The molecule has 0 bridgehead atoms. The Bertz CT molecular complexity index is 738. The van der Waals surface area contributed by atoms with Gasteiger partial charge < -0.3 is 15.9 Å². The second-order valence-electron chi connectivity index (χ2n) is 3.90. The van der Waals surface area contributed by atoms with Crippen LogP contribution < -0.4 is 5.73 Å². The maximum atomic E-state index is 9.48. The number of aromatic hydroxyl groups is 2. The average Bonchev–Trinajstić information content (AvgIpc) is 2.32. The van der Waals surface area contributed by atoms with Gasteiger partial charge in [0, 0.05) is 16.8 Å². The molecule has 1 heterocycles. The van der Waals surface area contributed by atoms with Crippen molar-refractivity contribution in [2.75, 3.05) is 5.73 Å². The van der Waals surface area contributed by atoms with Crippen molar-refractivity contribution < 1.29 is 10.2 Å². The number of para-hydroxylation sites is 1. The molecule has 17 heavy (non-hydrogen) atoms. The Morgan fingerprint density at radius 1 is 0.882 bits per heavy atom. The predicted molar refractivity (Wildman–Crippen MR) is 67.0 cm³/mol. The molecule has 2 aromatic carbocycles. The smallest absolute Gasteiger partial charge is 0.159 e.